The van der Waals surface area contributed by atoms with Crippen LogP contribution in [0, 0.1) is 13.8 Å². The lowest BCUT2D eigenvalue weighted by Gasteiger charge is -2.33. The SMILES string of the molecule is Cc1cc(C)n(CC(=O)N2CCO[C@H](CCc3ccccc3)C2)n1. The third kappa shape index (κ3) is 4.23. The molecule has 1 fully saturated rings. The molecule has 128 valence electrons. The van der Waals surface area contributed by atoms with Gasteiger partial charge in [0.15, 0.2) is 0 Å². The molecule has 1 aliphatic rings. The third-order valence-corrected chi connectivity index (χ3v) is 4.48. The van der Waals surface area contributed by atoms with Crippen molar-refractivity contribution in [3.63, 3.8) is 0 Å². The highest BCUT2D eigenvalue weighted by molar-refractivity contribution is 5.76. The molecule has 0 aliphatic carbocycles. The smallest absolute Gasteiger partial charge is 0.244 e. The quantitative estimate of drug-likeness (QED) is 0.847. The number of carbonyl (C=O) groups excluding carboxylic acids is 1. The molecule has 0 spiro atoms. The van der Waals surface area contributed by atoms with Gasteiger partial charge < -0.3 is 9.64 Å². The van der Waals surface area contributed by atoms with Gasteiger partial charge in [-0.25, -0.2) is 0 Å². The number of hydrogen-bond donors (Lipinski definition) is 0. The predicted octanol–water partition coefficient (Wildman–Crippen LogP) is 2.36. The molecule has 3 rings (SSSR count). The van der Waals surface area contributed by atoms with Crippen LogP contribution < -0.4 is 0 Å². The molecule has 24 heavy (non-hydrogen) atoms. The van der Waals surface area contributed by atoms with E-state index in [0.717, 1.165) is 24.2 Å². The van der Waals surface area contributed by atoms with Gasteiger partial charge >= 0.3 is 0 Å². The van der Waals surface area contributed by atoms with Gasteiger partial charge in [0.2, 0.25) is 5.91 Å². The molecular weight excluding hydrogens is 302 g/mol. The lowest BCUT2D eigenvalue weighted by Crippen LogP contribution is -2.47. The van der Waals surface area contributed by atoms with Crippen molar-refractivity contribution in [3.8, 4) is 0 Å². The highest BCUT2D eigenvalue weighted by atomic mass is 16.5. The fourth-order valence-electron chi connectivity index (χ4n) is 3.16. The van der Waals surface area contributed by atoms with Crippen LogP contribution in [0.5, 0.6) is 0 Å². The van der Waals surface area contributed by atoms with Crippen LogP contribution >= 0.6 is 0 Å². The Balaban J connectivity index is 1.53. The van der Waals surface area contributed by atoms with Crippen molar-refractivity contribution in [2.24, 2.45) is 0 Å². The molecule has 5 nitrogen and oxygen atoms in total. The number of hydrogen-bond acceptors (Lipinski definition) is 3. The van der Waals surface area contributed by atoms with E-state index in [1.54, 1.807) is 4.68 Å². The van der Waals surface area contributed by atoms with E-state index in [1.807, 2.05) is 30.9 Å². The first-order valence-corrected chi connectivity index (χ1v) is 8.56. The number of nitrogens with zero attached hydrogens (tertiary/aromatic N) is 3. The maximum atomic E-state index is 12.6. The number of morpholine rings is 1. The Bertz CT molecular complexity index is 681. The maximum Gasteiger partial charge on any atom is 0.244 e. The number of aryl methyl sites for hydroxylation is 3. The normalized spacial score (nSPS) is 17.9. The average molecular weight is 327 g/mol. The summed E-state index contributed by atoms with van der Waals surface area (Å²) in [5.41, 5.74) is 3.28. The van der Waals surface area contributed by atoms with Crippen LogP contribution in [0.15, 0.2) is 36.4 Å². The van der Waals surface area contributed by atoms with Crippen molar-refractivity contribution in [1.29, 1.82) is 0 Å². The fourth-order valence-corrected chi connectivity index (χ4v) is 3.16. The van der Waals surface area contributed by atoms with Gasteiger partial charge in [-0.15, -0.1) is 0 Å². The first kappa shape index (κ1) is 16.7. The number of carbonyl (C=O) groups is 1. The predicted molar refractivity (Wildman–Crippen MR) is 92.8 cm³/mol. The van der Waals surface area contributed by atoms with Crippen LogP contribution in [0.3, 0.4) is 0 Å². The van der Waals surface area contributed by atoms with Gasteiger partial charge in [-0.3, -0.25) is 9.48 Å². The molecule has 2 heterocycles. The maximum absolute atomic E-state index is 12.6. The van der Waals surface area contributed by atoms with Crippen molar-refractivity contribution in [3.05, 3.63) is 53.3 Å². The first-order valence-electron chi connectivity index (χ1n) is 8.56. The van der Waals surface area contributed by atoms with Crippen LogP contribution in [0.25, 0.3) is 0 Å². The van der Waals surface area contributed by atoms with Crippen molar-refractivity contribution in [2.75, 3.05) is 19.7 Å². The molecule has 5 heteroatoms. The van der Waals surface area contributed by atoms with E-state index in [0.29, 0.717) is 26.2 Å². The molecule has 0 N–H and O–H groups in total. The highest BCUT2D eigenvalue weighted by Crippen LogP contribution is 2.13. The average Bonchev–Trinajstić information content (AvgIpc) is 2.91. The molecule has 0 saturated carbocycles. The molecule has 0 radical (unpaired) electrons. The molecule has 2 aromatic rings. The summed E-state index contributed by atoms with van der Waals surface area (Å²) in [5, 5.41) is 4.38. The Morgan fingerprint density at radius 3 is 2.79 bits per heavy atom. The largest absolute Gasteiger partial charge is 0.375 e. The standard InChI is InChI=1S/C19H25N3O2/c1-15-12-16(2)22(20-15)14-19(23)21-10-11-24-18(13-21)9-8-17-6-4-3-5-7-17/h3-7,12,18H,8-11,13-14H2,1-2H3/t18-/m1/s1. The molecule has 1 aliphatic heterocycles. The Morgan fingerprint density at radius 1 is 1.29 bits per heavy atom. The van der Waals surface area contributed by atoms with Crippen LogP contribution in [0.2, 0.25) is 0 Å². The summed E-state index contributed by atoms with van der Waals surface area (Å²) in [4.78, 5) is 14.5. The van der Waals surface area contributed by atoms with Gasteiger partial charge in [-0.2, -0.15) is 5.10 Å². The summed E-state index contributed by atoms with van der Waals surface area (Å²) in [5.74, 6) is 0.120. The van der Waals surface area contributed by atoms with Crippen molar-refractivity contribution < 1.29 is 9.53 Å². The molecule has 1 amide bonds. The van der Waals surface area contributed by atoms with Crippen molar-refractivity contribution in [1.82, 2.24) is 14.7 Å². The number of amides is 1. The van der Waals surface area contributed by atoms with Crippen LogP contribution in [-0.4, -0.2) is 46.4 Å². The second-order valence-corrected chi connectivity index (χ2v) is 6.44. The van der Waals surface area contributed by atoms with Gasteiger partial charge in [0, 0.05) is 18.8 Å². The summed E-state index contributed by atoms with van der Waals surface area (Å²) < 4.78 is 7.63. The Kier molecular flexibility index (Phi) is 5.30. The van der Waals surface area contributed by atoms with E-state index in [1.165, 1.54) is 5.56 Å². The third-order valence-electron chi connectivity index (χ3n) is 4.48. The second kappa shape index (κ2) is 7.62. The summed E-state index contributed by atoms with van der Waals surface area (Å²) in [7, 11) is 0. The van der Waals surface area contributed by atoms with Gasteiger partial charge in [0.05, 0.1) is 18.4 Å². The zero-order valence-corrected chi connectivity index (χ0v) is 14.4. The Labute approximate surface area is 143 Å². The molecule has 1 aromatic carbocycles. The Hall–Kier alpha value is -2.14. The summed E-state index contributed by atoms with van der Waals surface area (Å²) in [6.07, 6.45) is 2.03. The van der Waals surface area contributed by atoms with E-state index < -0.39 is 0 Å². The summed E-state index contributed by atoms with van der Waals surface area (Å²) in [6.45, 7) is 6.19. The van der Waals surface area contributed by atoms with Crippen LogP contribution in [0.1, 0.15) is 23.4 Å². The Morgan fingerprint density at radius 2 is 2.08 bits per heavy atom. The first-order chi connectivity index (χ1) is 11.6. The number of benzene rings is 1. The van der Waals surface area contributed by atoms with Gasteiger partial charge in [-0.1, -0.05) is 30.3 Å². The summed E-state index contributed by atoms with van der Waals surface area (Å²) >= 11 is 0. The lowest BCUT2D eigenvalue weighted by molar-refractivity contribution is -0.139. The number of ether oxygens (including phenoxy) is 1. The number of aromatic nitrogens is 2. The van der Waals surface area contributed by atoms with E-state index in [4.69, 9.17) is 4.74 Å². The molecule has 1 atom stereocenters. The van der Waals surface area contributed by atoms with Crippen molar-refractivity contribution >= 4 is 5.91 Å². The lowest BCUT2D eigenvalue weighted by atomic mass is 10.1. The van der Waals surface area contributed by atoms with E-state index in [9.17, 15) is 4.79 Å². The van der Waals surface area contributed by atoms with Crippen molar-refractivity contribution in [2.45, 2.75) is 39.3 Å². The minimum absolute atomic E-state index is 0.114. The van der Waals surface area contributed by atoms with Gasteiger partial charge in [-0.05, 0) is 38.3 Å². The molecule has 0 unspecified atom stereocenters. The van der Waals surface area contributed by atoms with Gasteiger partial charge in [0.1, 0.15) is 6.54 Å². The van der Waals surface area contributed by atoms with Crippen LogP contribution in [-0.2, 0) is 22.5 Å². The van der Waals surface area contributed by atoms with Gasteiger partial charge in [0.25, 0.3) is 0 Å². The topological polar surface area (TPSA) is 47.4 Å². The fraction of sp³-hybridized carbons (Fsp3) is 0.474. The van der Waals surface area contributed by atoms with Crippen LogP contribution in [0.4, 0.5) is 0 Å². The van der Waals surface area contributed by atoms with E-state index >= 15 is 0 Å². The minimum atomic E-state index is 0.114. The second-order valence-electron chi connectivity index (χ2n) is 6.44. The zero-order valence-electron chi connectivity index (χ0n) is 14.4. The summed E-state index contributed by atoms with van der Waals surface area (Å²) in [6, 6.07) is 12.4. The van der Waals surface area contributed by atoms with E-state index in [-0.39, 0.29) is 12.0 Å². The monoisotopic (exact) mass is 327 g/mol. The van der Waals surface area contributed by atoms with E-state index in [2.05, 4.69) is 29.4 Å². The zero-order chi connectivity index (χ0) is 16.9. The molecule has 0 bridgehead atoms. The molecule has 1 saturated heterocycles. The number of rotatable bonds is 5. The highest BCUT2D eigenvalue weighted by Gasteiger charge is 2.24. The minimum Gasteiger partial charge on any atom is -0.375 e. The molecular formula is C19H25N3O2. The molecule has 1 aromatic heterocycles.